The number of nitrogens with one attached hydrogen (secondary N) is 1. The maximum Gasteiger partial charge on any atom is 0.347 e. The number of H-pyrrole nitrogens is 1. The number of esters is 1. The van der Waals surface area contributed by atoms with E-state index in [1.807, 2.05) is 49.4 Å². The first-order chi connectivity index (χ1) is 12.5. The predicted molar refractivity (Wildman–Crippen MR) is 99.5 cm³/mol. The van der Waals surface area contributed by atoms with Crippen LogP contribution in [0.4, 0.5) is 0 Å². The number of benzene rings is 2. The van der Waals surface area contributed by atoms with Crippen molar-refractivity contribution in [3.63, 3.8) is 0 Å². The highest BCUT2D eigenvalue weighted by atomic mass is 16.6. The number of Topliss-reactive ketones (excluding diaryl/α,β-unsaturated/α-hetero) is 1. The smallest absolute Gasteiger partial charge is 0.347 e. The number of ether oxygens (including phenoxy) is 2. The number of hydrogen-bond donors (Lipinski definition) is 1. The molecule has 1 heterocycles. The number of para-hydroxylation sites is 2. The van der Waals surface area contributed by atoms with E-state index in [1.54, 1.807) is 26.0 Å². The molecule has 0 aliphatic carbocycles. The van der Waals surface area contributed by atoms with E-state index in [0.29, 0.717) is 11.3 Å². The van der Waals surface area contributed by atoms with Gasteiger partial charge in [-0.1, -0.05) is 36.4 Å². The molecule has 0 spiro atoms. The van der Waals surface area contributed by atoms with Crippen molar-refractivity contribution in [3.05, 3.63) is 65.9 Å². The third kappa shape index (κ3) is 3.61. The molecule has 1 aromatic heterocycles. The molecule has 0 saturated carbocycles. The van der Waals surface area contributed by atoms with Gasteiger partial charge in [-0.3, -0.25) is 4.79 Å². The lowest BCUT2D eigenvalue weighted by Gasteiger charge is -2.17. The van der Waals surface area contributed by atoms with Gasteiger partial charge in [0.2, 0.25) is 5.78 Å². The van der Waals surface area contributed by atoms with Crippen LogP contribution < -0.4 is 4.74 Å². The number of aryl methyl sites for hydroxylation is 1. The number of carbonyl (C=O) groups is 2. The Balaban J connectivity index is 1.70. The summed E-state index contributed by atoms with van der Waals surface area (Å²) in [5.41, 5.74) is 2.19. The zero-order valence-electron chi connectivity index (χ0n) is 15.0. The van der Waals surface area contributed by atoms with Gasteiger partial charge in [-0.2, -0.15) is 0 Å². The fraction of sp³-hybridized carbons (Fsp3) is 0.238. The third-order valence-corrected chi connectivity index (χ3v) is 4.19. The largest absolute Gasteiger partial charge is 0.479 e. The molecule has 0 unspecified atom stereocenters. The second-order valence-electron chi connectivity index (χ2n) is 6.19. The van der Waals surface area contributed by atoms with E-state index in [0.717, 1.165) is 16.6 Å². The number of fused-ring (bicyclic) bond motifs is 1. The quantitative estimate of drug-likeness (QED) is 0.537. The van der Waals surface area contributed by atoms with Crippen LogP contribution in [0.1, 0.15) is 29.9 Å². The van der Waals surface area contributed by atoms with Crippen molar-refractivity contribution in [2.24, 2.45) is 0 Å². The maximum absolute atomic E-state index is 12.8. The second-order valence-corrected chi connectivity index (χ2v) is 6.19. The van der Waals surface area contributed by atoms with Gasteiger partial charge in [-0.15, -0.1) is 0 Å². The summed E-state index contributed by atoms with van der Waals surface area (Å²) < 4.78 is 10.9. The van der Waals surface area contributed by atoms with Crippen molar-refractivity contribution in [3.8, 4) is 5.75 Å². The minimum Gasteiger partial charge on any atom is -0.479 e. The Morgan fingerprint density at radius 1 is 0.923 bits per heavy atom. The highest BCUT2D eigenvalue weighted by Crippen LogP contribution is 2.24. The fourth-order valence-corrected chi connectivity index (χ4v) is 2.87. The fourth-order valence-electron chi connectivity index (χ4n) is 2.87. The molecule has 0 aliphatic heterocycles. The Morgan fingerprint density at radius 3 is 2.31 bits per heavy atom. The number of aromatic amines is 1. The molecule has 0 saturated heterocycles. The lowest BCUT2D eigenvalue weighted by Crippen LogP contribution is -2.32. The van der Waals surface area contributed by atoms with Crippen LogP contribution in [0, 0.1) is 6.92 Å². The summed E-state index contributed by atoms with van der Waals surface area (Å²) in [7, 11) is 0. The lowest BCUT2D eigenvalue weighted by molar-refractivity contribution is -0.153. The predicted octanol–water partition coefficient (Wildman–Crippen LogP) is 4.06. The summed E-state index contributed by atoms with van der Waals surface area (Å²) in [4.78, 5) is 28.3. The molecule has 5 heteroatoms. The number of carbonyl (C=O) groups excluding carboxylic acids is 2. The van der Waals surface area contributed by atoms with Gasteiger partial charge in [0.15, 0.2) is 12.2 Å². The summed E-state index contributed by atoms with van der Waals surface area (Å²) in [6, 6.07) is 16.6. The Labute approximate surface area is 151 Å². The first kappa shape index (κ1) is 17.7. The van der Waals surface area contributed by atoms with Crippen molar-refractivity contribution in [1.29, 1.82) is 0 Å². The van der Waals surface area contributed by atoms with E-state index in [9.17, 15) is 9.59 Å². The average molecular weight is 351 g/mol. The summed E-state index contributed by atoms with van der Waals surface area (Å²) in [5.74, 6) is -0.240. The van der Waals surface area contributed by atoms with Gasteiger partial charge in [0.05, 0.1) is 0 Å². The average Bonchev–Trinajstić information content (AvgIpc) is 2.97. The van der Waals surface area contributed by atoms with E-state index in [4.69, 9.17) is 9.47 Å². The van der Waals surface area contributed by atoms with Crippen LogP contribution in [0.2, 0.25) is 0 Å². The Kier molecular flexibility index (Phi) is 5.07. The van der Waals surface area contributed by atoms with Crippen molar-refractivity contribution >= 4 is 22.7 Å². The van der Waals surface area contributed by atoms with Crippen LogP contribution in [-0.2, 0) is 9.53 Å². The van der Waals surface area contributed by atoms with E-state index in [2.05, 4.69) is 4.98 Å². The van der Waals surface area contributed by atoms with Gasteiger partial charge >= 0.3 is 5.97 Å². The Morgan fingerprint density at radius 2 is 1.58 bits per heavy atom. The molecule has 0 fully saturated rings. The van der Waals surface area contributed by atoms with Gasteiger partial charge < -0.3 is 14.5 Å². The zero-order chi connectivity index (χ0) is 18.7. The Hall–Kier alpha value is -3.08. The van der Waals surface area contributed by atoms with E-state index in [-0.39, 0.29) is 5.78 Å². The lowest BCUT2D eigenvalue weighted by atomic mass is 10.0. The molecule has 0 radical (unpaired) electrons. The monoisotopic (exact) mass is 351 g/mol. The molecule has 0 bridgehead atoms. The molecular weight excluding hydrogens is 330 g/mol. The van der Waals surface area contributed by atoms with E-state index in [1.165, 1.54) is 0 Å². The van der Waals surface area contributed by atoms with Gasteiger partial charge in [-0.25, -0.2) is 4.79 Å². The molecule has 26 heavy (non-hydrogen) atoms. The minimum atomic E-state index is -0.901. The molecule has 3 rings (SSSR count). The Bertz CT molecular complexity index is 930. The van der Waals surface area contributed by atoms with Gasteiger partial charge in [0.1, 0.15) is 5.75 Å². The number of rotatable bonds is 6. The highest BCUT2D eigenvalue weighted by molar-refractivity contribution is 6.11. The topological polar surface area (TPSA) is 68.4 Å². The minimum absolute atomic E-state index is 0.236. The first-order valence-corrected chi connectivity index (χ1v) is 8.51. The van der Waals surface area contributed by atoms with Crippen LogP contribution in [-0.4, -0.2) is 28.9 Å². The molecule has 0 amide bonds. The van der Waals surface area contributed by atoms with Crippen molar-refractivity contribution in [1.82, 2.24) is 4.98 Å². The molecule has 5 nitrogen and oxygen atoms in total. The zero-order valence-corrected chi connectivity index (χ0v) is 15.0. The van der Waals surface area contributed by atoms with Crippen LogP contribution in [0.3, 0.4) is 0 Å². The normalized spacial score (nSPS) is 13.2. The molecule has 1 N–H and O–H groups in total. The summed E-state index contributed by atoms with van der Waals surface area (Å²) >= 11 is 0. The molecule has 2 atom stereocenters. The van der Waals surface area contributed by atoms with Gasteiger partial charge in [0, 0.05) is 22.2 Å². The maximum atomic E-state index is 12.8. The molecule has 2 aromatic carbocycles. The van der Waals surface area contributed by atoms with Crippen LogP contribution in [0.25, 0.3) is 10.9 Å². The van der Waals surface area contributed by atoms with Gasteiger partial charge in [-0.05, 0) is 39.0 Å². The number of aromatic nitrogens is 1. The number of hydrogen-bond acceptors (Lipinski definition) is 4. The first-order valence-electron chi connectivity index (χ1n) is 8.51. The highest BCUT2D eigenvalue weighted by Gasteiger charge is 2.27. The van der Waals surface area contributed by atoms with Gasteiger partial charge in [0.25, 0.3) is 0 Å². The van der Waals surface area contributed by atoms with E-state index < -0.39 is 18.2 Å². The number of ketones is 1. The molecular formula is C21H21NO4. The van der Waals surface area contributed by atoms with Crippen LogP contribution in [0.15, 0.2) is 54.6 Å². The summed E-state index contributed by atoms with van der Waals surface area (Å²) in [5, 5.41) is 0.825. The van der Waals surface area contributed by atoms with Crippen LogP contribution >= 0.6 is 0 Å². The summed E-state index contributed by atoms with van der Waals surface area (Å²) in [6.45, 7) is 5.02. The standard InChI is InChI=1S/C21H21NO4/c1-13-19(17-11-7-8-12-18(17)22-13)20(23)14(2)26-21(24)15(3)25-16-9-5-4-6-10-16/h4-12,14-15,22H,1-3H3/t14-,15+/m1/s1. The van der Waals surface area contributed by atoms with Crippen LogP contribution in [0.5, 0.6) is 5.75 Å². The summed E-state index contributed by atoms with van der Waals surface area (Å²) in [6.07, 6.45) is -1.71. The SMILES string of the molecule is Cc1[nH]c2ccccc2c1C(=O)[C@@H](C)OC(=O)[C@H](C)Oc1ccccc1. The molecule has 3 aromatic rings. The molecule has 134 valence electrons. The molecule has 0 aliphatic rings. The van der Waals surface area contributed by atoms with Crippen molar-refractivity contribution in [2.45, 2.75) is 33.0 Å². The van der Waals surface area contributed by atoms with E-state index >= 15 is 0 Å². The van der Waals surface area contributed by atoms with Crippen molar-refractivity contribution < 1.29 is 19.1 Å². The third-order valence-electron chi connectivity index (χ3n) is 4.19. The second kappa shape index (κ2) is 7.44. The van der Waals surface area contributed by atoms with Crippen molar-refractivity contribution in [2.75, 3.05) is 0 Å².